The fraction of sp³-hybridized carbons (Fsp3) is 0.625. The second-order valence-electron chi connectivity index (χ2n) is 6.00. The number of nitrogens with two attached hydrogens (primary N) is 1. The van der Waals surface area contributed by atoms with E-state index in [-0.39, 0.29) is 0 Å². The Morgan fingerprint density at radius 3 is 2.84 bits per heavy atom. The number of benzene rings is 1. The van der Waals surface area contributed by atoms with Crippen molar-refractivity contribution in [2.24, 2.45) is 11.7 Å². The average Bonchev–Trinajstić information content (AvgIpc) is 2.79. The second-order valence-corrected chi connectivity index (χ2v) is 7.07. The molecule has 19 heavy (non-hydrogen) atoms. The smallest absolute Gasteiger partial charge is 0.0108 e. The van der Waals surface area contributed by atoms with Crippen molar-refractivity contribution < 1.29 is 0 Å². The van der Waals surface area contributed by atoms with Gasteiger partial charge in [-0.25, -0.2) is 0 Å². The van der Waals surface area contributed by atoms with Crippen LogP contribution in [0.4, 0.5) is 0 Å². The van der Waals surface area contributed by atoms with Crippen molar-refractivity contribution in [3.05, 3.63) is 29.8 Å². The van der Waals surface area contributed by atoms with Gasteiger partial charge in [0, 0.05) is 29.2 Å². The van der Waals surface area contributed by atoms with Crippen LogP contribution in [0, 0.1) is 5.92 Å². The number of hydrogen-bond acceptors (Lipinski definition) is 3. The zero-order valence-electron chi connectivity index (χ0n) is 12.3. The number of hydrogen-bond donors (Lipinski definition) is 1. The molecule has 0 saturated heterocycles. The van der Waals surface area contributed by atoms with E-state index in [1.54, 1.807) is 0 Å². The highest BCUT2D eigenvalue weighted by molar-refractivity contribution is 7.99. The predicted molar refractivity (Wildman–Crippen MR) is 84.8 cm³/mol. The minimum absolute atomic E-state index is 0.327. The molecule has 106 valence electrons. The highest BCUT2D eigenvalue weighted by atomic mass is 32.2. The summed E-state index contributed by atoms with van der Waals surface area (Å²) in [5.74, 6) is 2.48. The minimum atomic E-state index is 0.327. The van der Waals surface area contributed by atoms with E-state index in [0.717, 1.165) is 19.5 Å². The van der Waals surface area contributed by atoms with Crippen molar-refractivity contribution in [2.45, 2.75) is 37.1 Å². The molecule has 0 radical (unpaired) electrons. The first-order valence-corrected chi connectivity index (χ1v) is 8.22. The van der Waals surface area contributed by atoms with Gasteiger partial charge in [0.1, 0.15) is 0 Å². The van der Waals surface area contributed by atoms with Crippen LogP contribution in [0.1, 0.15) is 31.7 Å². The number of thioether (sulfide) groups is 1. The van der Waals surface area contributed by atoms with E-state index in [1.165, 1.54) is 16.2 Å². The molecule has 0 saturated carbocycles. The van der Waals surface area contributed by atoms with Gasteiger partial charge in [-0.15, -0.1) is 11.8 Å². The van der Waals surface area contributed by atoms with E-state index in [1.807, 2.05) is 11.8 Å². The van der Waals surface area contributed by atoms with E-state index in [4.69, 9.17) is 5.73 Å². The molecule has 2 unspecified atom stereocenters. The second kappa shape index (κ2) is 6.78. The van der Waals surface area contributed by atoms with Crippen LogP contribution < -0.4 is 5.73 Å². The van der Waals surface area contributed by atoms with Gasteiger partial charge in [-0.1, -0.05) is 32.0 Å². The summed E-state index contributed by atoms with van der Waals surface area (Å²) in [5, 5.41) is 0. The third kappa shape index (κ3) is 3.98. The first-order chi connectivity index (χ1) is 9.08. The Balaban J connectivity index is 1.82. The summed E-state index contributed by atoms with van der Waals surface area (Å²) in [5.41, 5.74) is 7.65. The summed E-state index contributed by atoms with van der Waals surface area (Å²) in [6.07, 6.45) is 1.09. The molecule has 1 aliphatic rings. The van der Waals surface area contributed by atoms with E-state index >= 15 is 0 Å². The molecule has 0 aromatic heterocycles. The lowest BCUT2D eigenvalue weighted by Crippen LogP contribution is -2.33. The van der Waals surface area contributed by atoms with Crippen LogP contribution in [0.25, 0.3) is 0 Å². The fourth-order valence-electron chi connectivity index (χ4n) is 2.55. The van der Waals surface area contributed by atoms with Crippen LogP contribution in [0.2, 0.25) is 0 Å². The van der Waals surface area contributed by atoms with Gasteiger partial charge in [-0.2, -0.15) is 0 Å². The van der Waals surface area contributed by atoms with Crippen molar-refractivity contribution in [2.75, 3.05) is 25.9 Å². The lowest BCUT2D eigenvalue weighted by Gasteiger charge is -2.24. The van der Waals surface area contributed by atoms with Gasteiger partial charge in [0.05, 0.1) is 0 Å². The van der Waals surface area contributed by atoms with Crippen molar-refractivity contribution in [1.29, 1.82) is 0 Å². The van der Waals surface area contributed by atoms with Crippen LogP contribution in [-0.4, -0.2) is 36.8 Å². The standard InChI is InChI=1S/C16H26N2S/c1-12(2)15(17)8-9-18(3)10-13-11-19-16-7-5-4-6-14(13)16/h4-7,12-13,15H,8-11,17H2,1-3H3. The van der Waals surface area contributed by atoms with E-state index in [9.17, 15) is 0 Å². The number of fused-ring (bicyclic) bond motifs is 1. The molecule has 2 N–H and O–H groups in total. The Bertz CT molecular complexity index is 405. The molecule has 1 heterocycles. The van der Waals surface area contributed by atoms with Gasteiger partial charge in [0.15, 0.2) is 0 Å². The predicted octanol–water partition coefficient (Wildman–Crippen LogP) is 3.18. The number of rotatable bonds is 6. The molecule has 3 heteroatoms. The Labute approximate surface area is 121 Å². The molecule has 2 rings (SSSR count). The SMILES string of the molecule is CC(C)C(N)CCN(C)CC1CSc2ccccc21. The van der Waals surface area contributed by atoms with Gasteiger partial charge in [0.2, 0.25) is 0 Å². The third-order valence-electron chi connectivity index (χ3n) is 4.03. The normalized spacial score (nSPS) is 20.0. The first-order valence-electron chi connectivity index (χ1n) is 7.23. The maximum Gasteiger partial charge on any atom is 0.0108 e. The summed E-state index contributed by atoms with van der Waals surface area (Å²) in [6, 6.07) is 9.15. The van der Waals surface area contributed by atoms with Crippen LogP contribution >= 0.6 is 11.8 Å². The van der Waals surface area contributed by atoms with Crippen LogP contribution in [0.15, 0.2) is 29.2 Å². The van der Waals surface area contributed by atoms with E-state index in [0.29, 0.717) is 17.9 Å². The molecule has 0 fully saturated rings. The lowest BCUT2D eigenvalue weighted by atomic mass is 9.99. The van der Waals surface area contributed by atoms with Crippen molar-refractivity contribution in [3.63, 3.8) is 0 Å². The molecule has 1 aromatic rings. The molecule has 0 bridgehead atoms. The largest absolute Gasteiger partial charge is 0.327 e. The maximum absolute atomic E-state index is 6.12. The molecule has 0 spiro atoms. The van der Waals surface area contributed by atoms with Gasteiger partial charge in [0.25, 0.3) is 0 Å². The lowest BCUT2D eigenvalue weighted by molar-refractivity contribution is 0.291. The summed E-state index contributed by atoms with van der Waals surface area (Å²) >= 11 is 2.00. The monoisotopic (exact) mass is 278 g/mol. The first kappa shape index (κ1) is 14.9. The van der Waals surface area contributed by atoms with Crippen LogP contribution in [0.5, 0.6) is 0 Å². The van der Waals surface area contributed by atoms with Gasteiger partial charge >= 0.3 is 0 Å². The average molecular weight is 278 g/mol. The molecular weight excluding hydrogens is 252 g/mol. The highest BCUT2D eigenvalue weighted by Gasteiger charge is 2.23. The van der Waals surface area contributed by atoms with Crippen LogP contribution in [0.3, 0.4) is 0 Å². The number of nitrogens with zero attached hydrogens (tertiary/aromatic N) is 1. The summed E-state index contributed by atoms with van der Waals surface area (Å²) in [7, 11) is 2.22. The molecule has 0 aliphatic carbocycles. The molecule has 0 amide bonds. The Hall–Kier alpha value is -0.510. The van der Waals surface area contributed by atoms with E-state index < -0.39 is 0 Å². The minimum Gasteiger partial charge on any atom is -0.327 e. The molecule has 1 aromatic carbocycles. The summed E-state index contributed by atoms with van der Waals surface area (Å²) in [4.78, 5) is 3.91. The zero-order valence-corrected chi connectivity index (χ0v) is 13.1. The Morgan fingerprint density at radius 2 is 2.11 bits per heavy atom. The highest BCUT2D eigenvalue weighted by Crippen LogP contribution is 2.39. The molecular formula is C16H26N2S. The maximum atomic E-state index is 6.12. The molecule has 1 aliphatic heterocycles. The summed E-state index contributed by atoms with van der Waals surface area (Å²) < 4.78 is 0. The fourth-order valence-corrected chi connectivity index (χ4v) is 3.79. The van der Waals surface area contributed by atoms with Gasteiger partial charge in [-0.05, 0) is 37.6 Å². The zero-order chi connectivity index (χ0) is 13.8. The van der Waals surface area contributed by atoms with E-state index in [2.05, 4.69) is 50.1 Å². The van der Waals surface area contributed by atoms with Gasteiger partial charge < -0.3 is 10.6 Å². The van der Waals surface area contributed by atoms with Gasteiger partial charge in [-0.3, -0.25) is 0 Å². The quantitative estimate of drug-likeness (QED) is 0.866. The topological polar surface area (TPSA) is 29.3 Å². The van der Waals surface area contributed by atoms with Crippen molar-refractivity contribution in [3.8, 4) is 0 Å². The van der Waals surface area contributed by atoms with Crippen molar-refractivity contribution in [1.82, 2.24) is 4.90 Å². The molecule has 2 nitrogen and oxygen atoms in total. The summed E-state index contributed by atoms with van der Waals surface area (Å²) in [6.45, 7) is 6.65. The molecule has 2 atom stereocenters. The Kier molecular flexibility index (Phi) is 5.31. The number of likely N-dealkylation sites (N-methyl/N-ethyl adjacent to an activating group) is 1. The Morgan fingerprint density at radius 1 is 1.37 bits per heavy atom. The van der Waals surface area contributed by atoms with Crippen molar-refractivity contribution >= 4 is 11.8 Å². The third-order valence-corrected chi connectivity index (χ3v) is 5.28. The van der Waals surface area contributed by atoms with Crippen LogP contribution in [-0.2, 0) is 0 Å².